The first kappa shape index (κ1) is 15.0. The van der Waals surface area contributed by atoms with Crippen LogP contribution in [0, 0.1) is 13.8 Å². The van der Waals surface area contributed by atoms with Gasteiger partial charge in [-0.2, -0.15) is 13.2 Å². The van der Waals surface area contributed by atoms with E-state index in [1.54, 1.807) is 19.9 Å². The van der Waals surface area contributed by atoms with Crippen LogP contribution in [0.3, 0.4) is 0 Å². The third-order valence-electron chi connectivity index (χ3n) is 1.77. The van der Waals surface area contributed by atoms with Crippen molar-refractivity contribution in [1.29, 1.82) is 0 Å². The van der Waals surface area contributed by atoms with Crippen molar-refractivity contribution in [2.75, 3.05) is 0 Å². The molecule has 0 amide bonds. The molecule has 0 saturated carbocycles. The molecule has 0 fully saturated rings. The summed E-state index contributed by atoms with van der Waals surface area (Å²) in [7, 11) is 0. The quantitative estimate of drug-likeness (QED) is 0.780. The standard InChI is InChI=1S/C10H10F3NO.Cr/c1-6-3-7(2)9(15)8(4-6)14-5-10(11,12)13;/h3-5,15H,1-2H3;. The van der Waals surface area contributed by atoms with Crippen molar-refractivity contribution < 1.29 is 35.6 Å². The molecule has 0 bridgehead atoms. The van der Waals surface area contributed by atoms with Gasteiger partial charge >= 0.3 is 6.18 Å². The molecule has 2 nitrogen and oxygen atoms in total. The summed E-state index contributed by atoms with van der Waals surface area (Å²) in [5.41, 5.74) is 1.19. The molecule has 0 spiro atoms. The van der Waals surface area contributed by atoms with Crippen molar-refractivity contribution in [2.45, 2.75) is 20.0 Å². The van der Waals surface area contributed by atoms with E-state index in [2.05, 4.69) is 4.99 Å². The minimum atomic E-state index is -4.47. The average Bonchev–Trinajstić information content (AvgIpc) is 2.07. The molecule has 0 unspecified atom stereocenters. The van der Waals surface area contributed by atoms with Gasteiger partial charge in [-0.05, 0) is 31.0 Å². The number of hydrogen-bond donors (Lipinski definition) is 1. The number of phenols is 1. The van der Waals surface area contributed by atoms with Gasteiger partial charge in [0.15, 0.2) is 0 Å². The Bertz CT molecular complexity index is 402. The van der Waals surface area contributed by atoms with E-state index in [0.717, 1.165) is 5.56 Å². The van der Waals surface area contributed by atoms with Crippen LogP contribution in [0.5, 0.6) is 5.75 Å². The molecule has 16 heavy (non-hydrogen) atoms. The third kappa shape index (κ3) is 4.25. The Labute approximate surface area is 102 Å². The van der Waals surface area contributed by atoms with Gasteiger partial charge in [0, 0.05) is 17.4 Å². The Kier molecular flexibility index (Phi) is 5.04. The molecule has 1 aromatic carbocycles. The maximum atomic E-state index is 11.8. The van der Waals surface area contributed by atoms with Gasteiger partial charge in [-0.25, -0.2) is 4.99 Å². The first-order valence-electron chi connectivity index (χ1n) is 4.22. The smallest absolute Gasteiger partial charge is 0.426 e. The van der Waals surface area contributed by atoms with E-state index in [1.807, 2.05) is 0 Å². The molecular formula is C10H10CrF3NO. The second-order valence-electron chi connectivity index (χ2n) is 3.25. The number of aryl methyl sites for hydroxylation is 2. The summed E-state index contributed by atoms with van der Waals surface area (Å²) < 4.78 is 35.5. The predicted octanol–water partition coefficient (Wildman–Crippen LogP) is 3.27. The summed E-state index contributed by atoms with van der Waals surface area (Å²) in [4.78, 5) is 3.20. The normalized spacial score (nSPS) is 11.6. The van der Waals surface area contributed by atoms with Crippen LogP contribution in [-0.4, -0.2) is 17.5 Å². The summed E-state index contributed by atoms with van der Waals surface area (Å²) in [5, 5.41) is 9.44. The topological polar surface area (TPSA) is 32.6 Å². The van der Waals surface area contributed by atoms with Gasteiger partial charge in [0.05, 0.1) is 0 Å². The predicted molar refractivity (Wildman–Crippen MR) is 51.8 cm³/mol. The Morgan fingerprint density at radius 2 is 1.81 bits per heavy atom. The van der Waals surface area contributed by atoms with Gasteiger partial charge in [-0.1, -0.05) is 6.07 Å². The fourth-order valence-corrected chi connectivity index (χ4v) is 1.18. The Morgan fingerprint density at radius 1 is 1.25 bits per heavy atom. The van der Waals surface area contributed by atoms with Crippen LogP contribution in [0.1, 0.15) is 11.1 Å². The number of aliphatic imine (C=N–C) groups is 1. The zero-order valence-corrected chi connectivity index (χ0v) is 9.94. The van der Waals surface area contributed by atoms with E-state index in [4.69, 9.17) is 0 Å². The molecule has 0 aromatic heterocycles. The van der Waals surface area contributed by atoms with Crippen molar-refractivity contribution in [1.82, 2.24) is 0 Å². The number of benzene rings is 1. The molecule has 1 aromatic rings. The molecule has 0 radical (unpaired) electrons. The van der Waals surface area contributed by atoms with Crippen molar-refractivity contribution in [3.8, 4) is 5.75 Å². The second-order valence-corrected chi connectivity index (χ2v) is 3.25. The average molecular weight is 269 g/mol. The fourth-order valence-electron chi connectivity index (χ4n) is 1.18. The zero-order chi connectivity index (χ0) is 11.6. The van der Waals surface area contributed by atoms with Gasteiger partial charge in [-0.3, -0.25) is 0 Å². The summed E-state index contributed by atoms with van der Waals surface area (Å²) >= 11 is 0. The number of halogens is 3. The van der Waals surface area contributed by atoms with Crippen LogP contribution >= 0.6 is 0 Å². The SMILES string of the molecule is Cc1cc(C)c(O)c(N=CC(F)(F)F)c1.[Cr]. The largest absolute Gasteiger partial charge is 0.505 e. The first-order chi connectivity index (χ1) is 6.79. The van der Waals surface area contributed by atoms with E-state index >= 15 is 0 Å². The maximum absolute atomic E-state index is 11.8. The van der Waals surface area contributed by atoms with E-state index in [9.17, 15) is 18.3 Å². The third-order valence-corrected chi connectivity index (χ3v) is 1.77. The van der Waals surface area contributed by atoms with Crippen molar-refractivity contribution in [2.24, 2.45) is 4.99 Å². The molecule has 1 N–H and O–H groups in total. The first-order valence-corrected chi connectivity index (χ1v) is 4.22. The summed E-state index contributed by atoms with van der Waals surface area (Å²) in [6.45, 7) is 3.33. The second kappa shape index (κ2) is 5.37. The summed E-state index contributed by atoms with van der Waals surface area (Å²) in [5.74, 6) is -0.221. The number of nitrogens with zero attached hydrogens (tertiary/aromatic N) is 1. The van der Waals surface area contributed by atoms with Crippen LogP contribution in [0.15, 0.2) is 17.1 Å². The van der Waals surface area contributed by atoms with E-state index in [-0.39, 0.29) is 35.0 Å². The number of aromatic hydroxyl groups is 1. The van der Waals surface area contributed by atoms with Gasteiger partial charge in [-0.15, -0.1) is 0 Å². The van der Waals surface area contributed by atoms with Gasteiger partial charge in [0.25, 0.3) is 0 Å². The number of phenolic OH excluding ortho intramolecular Hbond substituents is 1. The van der Waals surface area contributed by atoms with E-state index in [1.165, 1.54) is 6.07 Å². The monoisotopic (exact) mass is 269 g/mol. The molecule has 0 aliphatic carbocycles. The molecule has 88 valence electrons. The number of rotatable bonds is 1. The van der Waals surface area contributed by atoms with Crippen molar-refractivity contribution in [3.63, 3.8) is 0 Å². The van der Waals surface area contributed by atoms with E-state index in [0.29, 0.717) is 5.56 Å². The van der Waals surface area contributed by atoms with Crippen LogP contribution in [0.25, 0.3) is 0 Å². The minimum Gasteiger partial charge on any atom is -0.505 e. The Morgan fingerprint density at radius 3 is 2.31 bits per heavy atom. The maximum Gasteiger partial charge on any atom is 0.426 e. The Hall–Kier alpha value is -0.988. The van der Waals surface area contributed by atoms with Crippen molar-refractivity contribution in [3.05, 3.63) is 23.3 Å². The van der Waals surface area contributed by atoms with Crippen LogP contribution in [0.2, 0.25) is 0 Å². The minimum absolute atomic E-state index is 0. The van der Waals surface area contributed by atoms with Crippen LogP contribution in [-0.2, 0) is 17.4 Å². The number of alkyl halides is 3. The summed E-state index contributed by atoms with van der Waals surface area (Å²) in [6.07, 6.45) is -4.61. The van der Waals surface area contributed by atoms with Gasteiger partial charge in [0.1, 0.15) is 17.7 Å². The molecule has 1 rings (SSSR count). The molecule has 0 saturated heterocycles. The van der Waals surface area contributed by atoms with E-state index < -0.39 is 6.18 Å². The van der Waals surface area contributed by atoms with Crippen LogP contribution < -0.4 is 0 Å². The number of hydrogen-bond acceptors (Lipinski definition) is 2. The Balaban J connectivity index is 0.00000225. The van der Waals surface area contributed by atoms with Gasteiger partial charge in [0.2, 0.25) is 0 Å². The van der Waals surface area contributed by atoms with Crippen LogP contribution in [0.4, 0.5) is 18.9 Å². The summed E-state index contributed by atoms with van der Waals surface area (Å²) in [6, 6.07) is 3.06. The molecule has 0 atom stereocenters. The zero-order valence-electron chi connectivity index (χ0n) is 8.67. The molecule has 6 heteroatoms. The van der Waals surface area contributed by atoms with Crippen molar-refractivity contribution >= 4 is 11.9 Å². The molecular weight excluding hydrogens is 259 g/mol. The molecule has 0 aliphatic heterocycles. The fraction of sp³-hybridized carbons (Fsp3) is 0.300. The molecule has 0 heterocycles. The van der Waals surface area contributed by atoms with Gasteiger partial charge < -0.3 is 5.11 Å². The molecule has 0 aliphatic rings.